The van der Waals surface area contributed by atoms with E-state index in [1.165, 1.54) is 0 Å². The van der Waals surface area contributed by atoms with E-state index in [0.717, 1.165) is 5.52 Å². The van der Waals surface area contributed by atoms with Gasteiger partial charge in [0, 0.05) is 6.07 Å². The number of hydrogen-bond acceptors (Lipinski definition) is 2. The Morgan fingerprint density at radius 2 is 2.18 bits per heavy atom. The summed E-state index contributed by atoms with van der Waals surface area (Å²) in [5.74, 6) is 0. The molecule has 0 saturated carbocycles. The molecule has 5 heteroatoms. The minimum absolute atomic E-state index is 0.328. The van der Waals surface area contributed by atoms with E-state index in [1.54, 1.807) is 12.4 Å². The molecule has 0 aliphatic heterocycles. The lowest BCUT2D eigenvalue weighted by Gasteiger charge is -1.91. The number of nitrogens with one attached hydrogen (secondary N) is 1. The Bertz CT molecular complexity index is 396. The van der Waals surface area contributed by atoms with Gasteiger partial charge in [-0.05, 0) is 0 Å². The van der Waals surface area contributed by atoms with E-state index in [4.69, 9.17) is 23.2 Å². The van der Waals surface area contributed by atoms with Crippen molar-refractivity contribution < 1.29 is 0 Å². The number of aromatic nitrogens is 3. The Kier molecular flexibility index (Phi) is 1.47. The first kappa shape index (κ1) is 6.88. The maximum Gasteiger partial charge on any atom is 0.158 e. The lowest BCUT2D eigenvalue weighted by molar-refractivity contribution is 1.33. The minimum Gasteiger partial charge on any atom is -0.344 e. The molecule has 0 unspecified atom stereocenters. The van der Waals surface area contributed by atoms with E-state index in [9.17, 15) is 0 Å². The molecular formula is C6H3Cl2N3. The Morgan fingerprint density at radius 1 is 1.36 bits per heavy atom. The standard InChI is InChI=1S/C6H3Cl2N3/c7-4-1-3-5(6(8)11-4)10-2-9-3/h1-2H,(H,9,10). The van der Waals surface area contributed by atoms with Crippen LogP contribution in [0.25, 0.3) is 11.0 Å². The van der Waals surface area contributed by atoms with Crippen molar-refractivity contribution in [3.63, 3.8) is 0 Å². The van der Waals surface area contributed by atoms with Gasteiger partial charge in [0.25, 0.3) is 0 Å². The van der Waals surface area contributed by atoms with Crippen LogP contribution < -0.4 is 0 Å². The molecule has 56 valence electrons. The Hall–Kier alpha value is -0.800. The van der Waals surface area contributed by atoms with Crippen LogP contribution in [0.2, 0.25) is 10.3 Å². The lowest BCUT2D eigenvalue weighted by Crippen LogP contribution is -1.78. The van der Waals surface area contributed by atoms with E-state index < -0.39 is 0 Å². The summed E-state index contributed by atoms with van der Waals surface area (Å²) in [4.78, 5) is 10.7. The van der Waals surface area contributed by atoms with Gasteiger partial charge < -0.3 is 4.98 Å². The van der Waals surface area contributed by atoms with Crippen molar-refractivity contribution in [2.45, 2.75) is 0 Å². The number of imidazole rings is 1. The second kappa shape index (κ2) is 2.36. The molecule has 2 rings (SSSR count). The first-order chi connectivity index (χ1) is 5.27. The van der Waals surface area contributed by atoms with Gasteiger partial charge in [0.15, 0.2) is 5.15 Å². The molecule has 0 amide bonds. The summed E-state index contributed by atoms with van der Waals surface area (Å²) in [6, 6.07) is 1.68. The molecule has 3 nitrogen and oxygen atoms in total. The van der Waals surface area contributed by atoms with Crippen LogP contribution in [-0.2, 0) is 0 Å². The SMILES string of the molecule is Clc1cc2[nH]cnc2c(Cl)n1. The molecule has 2 aromatic heterocycles. The van der Waals surface area contributed by atoms with Crippen molar-refractivity contribution in [2.24, 2.45) is 0 Å². The fraction of sp³-hybridized carbons (Fsp3) is 0. The van der Waals surface area contributed by atoms with Crippen molar-refractivity contribution in [3.05, 3.63) is 22.7 Å². The van der Waals surface area contributed by atoms with Crippen molar-refractivity contribution in [1.29, 1.82) is 0 Å². The van der Waals surface area contributed by atoms with Gasteiger partial charge in [0.1, 0.15) is 10.7 Å². The molecule has 0 radical (unpaired) electrons. The van der Waals surface area contributed by atoms with E-state index in [-0.39, 0.29) is 0 Å². The average molecular weight is 188 g/mol. The second-order valence-corrected chi connectivity index (χ2v) is 2.78. The van der Waals surface area contributed by atoms with Gasteiger partial charge in [-0.25, -0.2) is 9.97 Å². The van der Waals surface area contributed by atoms with Crippen LogP contribution in [-0.4, -0.2) is 15.0 Å². The number of pyridine rings is 1. The molecule has 1 N–H and O–H groups in total. The van der Waals surface area contributed by atoms with Crippen LogP contribution in [0, 0.1) is 0 Å². The normalized spacial score (nSPS) is 10.7. The third kappa shape index (κ3) is 1.06. The number of H-pyrrole nitrogens is 1. The Morgan fingerprint density at radius 3 is 3.00 bits per heavy atom. The molecule has 2 heterocycles. The van der Waals surface area contributed by atoms with E-state index in [1.807, 2.05) is 0 Å². The number of hydrogen-bond donors (Lipinski definition) is 1. The van der Waals surface area contributed by atoms with Gasteiger partial charge in [-0.2, -0.15) is 0 Å². The van der Waals surface area contributed by atoms with Crippen molar-refractivity contribution in [2.75, 3.05) is 0 Å². The molecule has 0 bridgehead atoms. The van der Waals surface area contributed by atoms with E-state index in [2.05, 4.69) is 15.0 Å². The minimum atomic E-state index is 0.328. The molecule has 0 saturated heterocycles. The van der Waals surface area contributed by atoms with E-state index in [0.29, 0.717) is 15.8 Å². The molecule has 0 atom stereocenters. The van der Waals surface area contributed by atoms with Crippen molar-refractivity contribution in [1.82, 2.24) is 15.0 Å². The maximum atomic E-state index is 5.73. The largest absolute Gasteiger partial charge is 0.344 e. The highest BCUT2D eigenvalue weighted by Gasteiger charge is 2.03. The molecule has 0 spiro atoms. The molecule has 0 fully saturated rings. The summed E-state index contributed by atoms with van der Waals surface area (Å²) in [6.07, 6.45) is 1.55. The van der Waals surface area contributed by atoms with Gasteiger partial charge in [0.05, 0.1) is 11.8 Å². The van der Waals surface area contributed by atoms with Gasteiger partial charge in [0.2, 0.25) is 0 Å². The number of aromatic amines is 1. The van der Waals surface area contributed by atoms with Crippen LogP contribution in [0.15, 0.2) is 12.4 Å². The fourth-order valence-electron chi connectivity index (χ4n) is 0.877. The summed E-state index contributed by atoms with van der Waals surface area (Å²) in [7, 11) is 0. The van der Waals surface area contributed by atoms with E-state index >= 15 is 0 Å². The molecule has 0 aliphatic carbocycles. The van der Waals surface area contributed by atoms with Crippen LogP contribution >= 0.6 is 23.2 Å². The summed E-state index contributed by atoms with van der Waals surface area (Å²) in [5.41, 5.74) is 1.45. The van der Waals surface area contributed by atoms with Gasteiger partial charge in [-0.15, -0.1) is 0 Å². The topological polar surface area (TPSA) is 41.6 Å². The Labute approximate surface area is 72.4 Å². The van der Waals surface area contributed by atoms with Gasteiger partial charge in [-0.3, -0.25) is 0 Å². The summed E-state index contributed by atoms with van der Waals surface area (Å²) in [5, 5.41) is 0.695. The maximum absolute atomic E-state index is 5.73. The molecule has 11 heavy (non-hydrogen) atoms. The highest BCUT2D eigenvalue weighted by molar-refractivity contribution is 6.35. The molecule has 0 aliphatic rings. The predicted octanol–water partition coefficient (Wildman–Crippen LogP) is 2.26. The third-order valence-electron chi connectivity index (χ3n) is 1.33. The van der Waals surface area contributed by atoms with Crippen LogP contribution in [0.3, 0.4) is 0 Å². The van der Waals surface area contributed by atoms with Crippen molar-refractivity contribution in [3.8, 4) is 0 Å². The highest BCUT2D eigenvalue weighted by atomic mass is 35.5. The van der Waals surface area contributed by atoms with Gasteiger partial charge in [-0.1, -0.05) is 23.2 Å². The highest BCUT2D eigenvalue weighted by Crippen LogP contribution is 2.20. The zero-order valence-electron chi connectivity index (χ0n) is 5.31. The smallest absolute Gasteiger partial charge is 0.158 e. The number of rotatable bonds is 0. The quantitative estimate of drug-likeness (QED) is 0.644. The fourth-order valence-corrected chi connectivity index (χ4v) is 1.36. The summed E-state index contributed by atoms with van der Waals surface area (Å²) in [6.45, 7) is 0. The zero-order valence-corrected chi connectivity index (χ0v) is 6.82. The Balaban J connectivity index is 2.91. The van der Waals surface area contributed by atoms with Crippen LogP contribution in [0.4, 0.5) is 0 Å². The lowest BCUT2D eigenvalue weighted by atomic mass is 10.4. The first-order valence-electron chi connectivity index (χ1n) is 2.92. The summed E-state index contributed by atoms with van der Waals surface area (Å²) >= 11 is 11.4. The zero-order chi connectivity index (χ0) is 7.84. The number of halogens is 2. The molecule has 0 aromatic carbocycles. The number of fused-ring (bicyclic) bond motifs is 1. The van der Waals surface area contributed by atoms with Gasteiger partial charge >= 0.3 is 0 Å². The average Bonchev–Trinajstić information content (AvgIpc) is 2.34. The van der Waals surface area contributed by atoms with Crippen LogP contribution in [0.1, 0.15) is 0 Å². The monoisotopic (exact) mass is 187 g/mol. The first-order valence-corrected chi connectivity index (χ1v) is 3.68. The summed E-state index contributed by atoms with van der Waals surface area (Å²) < 4.78 is 0. The predicted molar refractivity (Wildman–Crippen MR) is 43.9 cm³/mol. The van der Waals surface area contributed by atoms with Crippen LogP contribution in [0.5, 0.6) is 0 Å². The third-order valence-corrected chi connectivity index (χ3v) is 1.79. The molecule has 2 aromatic rings. The second-order valence-electron chi connectivity index (χ2n) is 2.03. The molecular weight excluding hydrogens is 185 g/mol. The number of nitrogens with zero attached hydrogens (tertiary/aromatic N) is 2. The van der Waals surface area contributed by atoms with Crippen molar-refractivity contribution >= 4 is 34.2 Å².